The van der Waals surface area contributed by atoms with Gasteiger partial charge in [0.05, 0.1) is 0 Å². The normalized spacial score (nSPS) is 18.4. The number of allylic oxidation sites excluding steroid dienone is 1. The Kier molecular flexibility index (Phi) is 2.97. The lowest BCUT2D eigenvalue weighted by Crippen LogP contribution is -2.07. The molecule has 0 spiro atoms. The van der Waals surface area contributed by atoms with Crippen LogP contribution < -0.4 is 0 Å². The van der Waals surface area contributed by atoms with Crippen LogP contribution in [0.15, 0.2) is 48.0 Å². The molecule has 1 nitrogen and oxygen atoms in total. The summed E-state index contributed by atoms with van der Waals surface area (Å²) in [5, 5.41) is 2.46. The summed E-state index contributed by atoms with van der Waals surface area (Å²) in [6.45, 7) is 0. The van der Waals surface area contributed by atoms with E-state index in [0.717, 1.165) is 31.3 Å². The van der Waals surface area contributed by atoms with Crippen LogP contribution in [0.2, 0.25) is 0 Å². The van der Waals surface area contributed by atoms with Gasteiger partial charge >= 0.3 is 0 Å². The number of Topliss-reactive ketones (excluding diaryl/α,β-unsaturated/α-hetero) is 1. The van der Waals surface area contributed by atoms with Gasteiger partial charge < -0.3 is 0 Å². The smallest absolute Gasteiger partial charge is 0.158 e. The molecule has 0 saturated heterocycles. The molecule has 0 bridgehead atoms. The van der Waals surface area contributed by atoms with Gasteiger partial charge in [-0.25, -0.2) is 0 Å². The Labute approximate surface area is 107 Å². The molecule has 0 aliphatic heterocycles. The zero-order valence-corrected chi connectivity index (χ0v) is 10.4. The maximum atomic E-state index is 11.9. The van der Waals surface area contributed by atoms with Gasteiger partial charge in [0.25, 0.3) is 0 Å². The summed E-state index contributed by atoms with van der Waals surface area (Å²) >= 11 is 0. The van der Waals surface area contributed by atoms with Gasteiger partial charge in [-0.15, -0.1) is 0 Å². The first-order valence-corrected chi connectivity index (χ1v) is 6.56. The van der Waals surface area contributed by atoms with Crippen LogP contribution in [0.1, 0.15) is 31.2 Å². The number of carbonyl (C=O) groups is 1. The Morgan fingerprint density at radius 3 is 2.56 bits per heavy atom. The van der Waals surface area contributed by atoms with Gasteiger partial charge in [0.15, 0.2) is 5.78 Å². The Morgan fingerprint density at radius 2 is 1.67 bits per heavy atom. The fraction of sp³-hybridized carbons (Fsp3) is 0.235. The lowest BCUT2D eigenvalue weighted by molar-refractivity contribution is -0.116. The highest BCUT2D eigenvalue weighted by Crippen LogP contribution is 2.25. The summed E-state index contributed by atoms with van der Waals surface area (Å²) in [5.74, 6) is 0.328. The molecule has 1 heteroatoms. The predicted molar refractivity (Wildman–Crippen MR) is 75.4 cm³/mol. The minimum atomic E-state index is 0.328. The van der Waals surface area contributed by atoms with Crippen molar-refractivity contribution in [2.24, 2.45) is 0 Å². The van der Waals surface area contributed by atoms with E-state index in [1.807, 2.05) is 12.1 Å². The van der Waals surface area contributed by atoms with Crippen molar-refractivity contribution in [3.63, 3.8) is 0 Å². The van der Waals surface area contributed by atoms with Gasteiger partial charge in [-0.2, -0.15) is 0 Å². The van der Waals surface area contributed by atoms with E-state index in [-0.39, 0.29) is 0 Å². The summed E-state index contributed by atoms with van der Waals surface area (Å²) in [6.07, 6.45) is 5.93. The Bertz CT molecular complexity index is 617. The number of fused-ring (bicyclic) bond motifs is 1. The quantitative estimate of drug-likeness (QED) is 0.672. The SMILES string of the molecule is O=C1CCCC/C1=C/c1cccc2ccccc12. The molecule has 0 N–H and O–H groups in total. The number of carbonyl (C=O) groups excluding carboxylic acids is 1. The van der Waals surface area contributed by atoms with Gasteiger partial charge in [-0.1, -0.05) is 42.5 Å². The van der Waals surface area contributed by atoms with Gasteiger partial charge in [0.1, 0.15) is 0 Å². The fourth-order valence-electron chi connectivity index (χ4n) is 2.62. The molecule has 0 aromatic heterocycles. The molecular weight excluding hydrogens is 220 g/mol. The largest absolute Gasteiger partial charge is 0.295 e. The predicted octanol–water partition coefficient (Wildman–Crippen LogP) is 4.37. The molecule has 90 valence electrons. The number of rotatable bonds is 1. The molecule has 0 radical (unpaired) electrons. The average molecular weight is 236 g/mol. The zero-order valence-electron chi connectivity index (χ0n) is 10.4. The number of benzene rings is 2. The van der Waals surface area contributed by atoms with Gasteiger partial charge in [-0.05, 0) is 47.2 Å². The van der Waals surface area contributed by atoms with E-state index < -0.39 is 0 Å². The summed E-state index contributed by atoms with van der Waals surface area (Å²) in [4.78, 5) is 11.9. The first-order chi connectivity index (χ1) is 8.84. The van der Waals surface area contributed by atoms with Crippen LogP contribution in [0.5, 0.6) is 0 Å². The van der Waals surface area contributed by atoms with Crippen molar-refractivity contribution in [3.05, 3.63) is 53.6 Å². The van der Waals surface area contributed by atoms with Gasteiger partial charge in [0, 0.05) is 6.42 Å². The molecule has 1 saturated carbocycles. The molecule has 1 fully saturated rings. The van der Waals surface area contributed by atoms with Crippen LogP contribution in [0.4, 0.5) is 0 Å². The Morgan fingerprint density at radius 1 is 0.889 bits per heavy atom. The van der Waals surface area contributed by atoms with Crippen LogP contribution in [0.25, 0.3) is 16.8 Å². The Balaban J connectivity index is 2.09. The molecule has 0 amide bonds. The summed E-state index contributed by atoms with van der Waals surface area (Å²) in [7, 11) is 0. The number of ketones is 1. The third-order valence-electron chi connectivity index (χ3n) is 3.61. The van der Waals surface area contributed by atoms with Gasteiger partial charge in [0.2, 0.25) is 0 Å². The second-order valence-corrected chi connectivity index (χ2v) is 4.87. The third kappa shape index (κ3) is 2.08. The molecular formula is C17H16O. The summed E-state index contributed by atoms with van der Waals surface area (Å²) in [5.41, 5.74) is 2.16. The van der Waals surface area contributed by atoms with Crippen LogP contribution in [0.3, 0.4) is 0 Å². The number of hydrogen-bond donors (Lipinski definition) is 0. The first kappa shape index (κ1) is 11.2. The average Bonchev–Trinajstić information content (AvgIpc) is 2.42. The van der Waals surface area contributed by atoms with Crippen molar-refractivity contribution >= 4 is 22.6 Å². The van der Waals surface area contributed by atoms with Crippen molar-refractivity contribution in [1.29, 1.82) is 0 Å². The lowest BCUT2D eigenvalue weighted by atomic mass is 9.91. The highest BCUT2D eigenvalue weighted by Gasteiger charge is 2.14. The highest BCUT2D eigenvalue weighted by atomic mass is 16.1. The van der Waals surface area contributed by atoms with E-state index >= 15 is 0 Å². The van der Waals surface area contributed by atoms with E-state index in [4.69, 9.17) is 0 Å². The maximum absolute atomic E-state index is 11.9. The molecule has 1 aliphatic rings. The van der Waals surface area contributed by atoms with Crippen LogP contribution in [-0.2, 0) is 4.79 Å². The molecule has 1 aliphatic carbocycles. The highest BCUT2D eigenvalue weighted by molar-refractivity contribution is 6.02. The Hall–Kier alpha value is -1.89. The molecule has 2 aromatic carbocycles. The standard InChI is InChI=1S/C17H16O/c18-17-11-4-2-7-15(17)12-14-9-5-8-13-6-1-3-10-16(13)14/h1,3,5-6,8-10,12H,2,4,7,11H2/b15-12-. The number of hydrogen-bond acceptors (Lipinski definition) is 1. The van der Waals surface area contributed by atoms with Crippen molar-refractivity contribution in [1.82, 2.24) is 0 Å². The van der Waals surface area contributed by atoms with E-state index in [9.17, 15) is 4.79 Å². The second kappa shape index (κ2) is 4.77. The third-order valence-corrected chi connectivity index (χ3v) is 3.61. The van der Waals surface area contributed by atoms with Crippen molar-refractivity contribution in [2.75, 3.05) is 0 Å². The monoisotopic (exact) mass is 236 g/mol. The van der Waals surface area contributed by atoms with E-state index in [1.54, 1.807) is 0 Å². The van der Waals surface area contributed by atoms with E-state index in [0.29, 0.717) is 5.78 Å². The van der Waals surface area contributed by atoms with Gasteiger partial charge in [-0.3, -0.25) is 4.79 Å². The fourth-order valence-corrected chi connectivity index (χ4v) is 2.62. The topological polar surface area (TPSA) is 17.1 Å². The van der Waals surface area contributed by atoms with Crippen LogP contribution >= 0.6 is 0 Å². The summed E-state index contributed by atoms with van der Waals surface area (Å²) < 4.78 is 0. The van der Waals surface area contributed by atoms with E-state index in [2.05, 4.69) is 36.4 Å². The van der Waals surface area contributed by atoms with Crippen LogP contribution in [0, 0.1) is 0 Å². The minimum Gasteiger partial charge on any atom is -0.295 e. The second-order valence-electron chi connectivity index (χ2n) is 4.87. The molecule has 0 unspecified atom stereocenters. The van der Waals surface area contributed by atoms with Crippen LogP contribution in [-0.4, -0.2) is 5.78 Å². The lowest BCUT2D eigenvalue weighted by Gasteiger charge is -2.13. The molecule has 18 heavy (non-hydrogen) atoms. The molecule has 0 atom stereocenters. The van der Waals surface area contributed by atoms with E-state index in [1.165, 1.54) is 16.3 Å². The molecule has 2 aromatic rings. The maximum Gasteiger partial charge on any atom is 0.158 e. The first-order valence-electron chi connectivity index (χ1n) is 6.56. The van der Waals surface area contributed by atoms with Crippen molar-refractivity contribution < 1.29 is 4.79 Å². The summed E-state index contributed by atoms with van der Waals surface area (Å²) in [6, 6.07) is 14.6. The van der Waals surface area contributed by atoms with Crippen molar-refractivity contribution in [2.45, 2.75) is 25.7 Å². The molecule has 0 heterocycles. The van der Waals surface area contributed by atoms with Crippen molar-refractivity contribution in [3.8, 4) is 0 Å². The zero-order chi connectivity index (χ0) is 12.4. The minimum absolute atomic E-state index is 0.328. The molecule has 3 rings (SSSR count).